The molecule has 5 nitrogen and oxygen atoms in total. The number of rotatable bonds is 5. The summed E-state index contributed by atoms with van der Waals surface area (Å²) in [5.74, 6) is -0.399. The van der Waals surface area contributed by atoms with Gasteiger partial charge in [0.1, 0.15) is 10.7 Å². The number of aryl methyl sites for hydroxylation is 1. The molecule has 0 saturated heterocycles. The molecule has 0 bridgehead atoms. The molecule has 0 unspecified atom stereocenters. The van der Waals surface area contributed by atoms with Crippen molar-refractivity contribution in [2.45, 2.75) is 32.2 Å². The third kappa shape index (κ3) is 3.41. The molecule has 0 aliphatic heterocycles. The molecule has 0 aliphatic rings. The quantitative estimate of drug-likeness (QED) is 0.824. The Morgan fingerprint density at radius 2 is 2.00 bits per heavy atom. The van der Waals surface area contributed by atoms with E-state index in [1.807, 2.05) is 0 Å². The lowest BCUT2D eigenvalue weighted by Crippen LogP contribution is -2.27. The van der Waals surface area contributed by atoms with Crippen LogP contribution in [0.1, 0.15) is 23.9 Å². The molecule has 126 valence electrons. The van der Waals surface area contributed by atoms with Gasteiger partial charge in [0.2, 0.25) is 10.0 Å². The normalized spacial score (nSPS) is 12.1. The van der Waals surface area contributed by atoms with Crippen molar-refractivity contribution in [2.24, 2.45) is 0 Å². The summed E-state index contributed by atoms with van der Waals surface area (Å²) in [6.45, 7) is 5.66. The maximum atomic E-state index is 13.4. The average Bonchev–Trinajstić information content (AvgIpc) is 2.76. The third-order valence-corrected chi connectivity index (χ3v) is 6.31. The van der Waals surface area contributed by atoms with Gasteiger partial charge in [0, 0.05) is 18.6 Å². The van der Waals surface area contributed by atoms with Crippen molar-refractivity contribution in [1.29, 1.82) is 0 Å². The molecule has 1 aromatic heterocycles. The predicted molar refractivity (Wildman–Crippen MR) is 87.7 cm³/mol. The van der Waals surface area contributed by atoms with Crippen molar-refractivity contribution < 1.29 is 12.8 Å². The van der Waals surface area contributed by atoms with Gasteiger partial charge in [-0.3, -0.25) is 4.68 Å². The molecular formula is C15H19ClFN3O2S. The second-order valence-electron chi connectivity index (χ2n) is 5.31. The van der Waals surface area contributed by atoms with Gasteiger partial charge in [-0.2, -0.15) is 5.10 Å². The third-order valence-electron chi connectivity index (χ3n) is 3.76. The second-order valence-corrected chi connectivity index (χ2v) is 7.70. The molecule has 2 aromatic rings. The lowest BCUT2D eigenvalue weighted by atomic mass is 10.2. The molecule has 0 aliphatic carbocycles. The number of sulfonamides is 1. The highest BCUT2D eigenvalue weighted by atomic mass is 35.5. The summed E-state index contributed by atoms with van der Waals surface area (Å²) < 4.78 is 41.3. The fourth-order valence-corrected chi connectivity index (χ4v) is 4.08. The van der Waals surface area contributed by atoms with Crippen molar-refractivity contribution in [3.8, 4) is 0 Å². The fourth-order valence-electron chi connectivity index (χ4n) is 2.36. The van der Waals surface area contributed by atoms with E-state index >= 15 is 0 Å². The minimum absolute atomic E-state index is 0.189. The summed E-state index contributed by atoms with van der Waals surface area (Å²) >= 11 is 6.07. The first-order valence-electron chi connectivity index (χ1n) is 7.12. The fraction of sp³-hybridized carbons (Fsp3) is 0.400. The smallest absolute Gasteiger partial charge is 0.246 e. The van der Waals surface area contributed by atoms with Gasteiger partial charge >= 0.3 is 0 Å². The first-order chi connectivity index (χ1) is 10.7. The van der Waals surface area contributed by atoms with Crippen LogP contribution >= 0.6 is 11.6 Å². The Bertz CT molecular complexity index is 833. The van der Waals surface area contributed by atoms with E-state index < -0.39 is 15.8 Å². The van der Waals surface area contributed by atoms with E-state index in [1.165, 1.54) is 34.2 Å². The second kappa shape index (κ2) is 6.59. The van der Waals surface area contributed by atoms with Crippen LogP contribution in [0.5, 0.6) is 0 Å². The Morgan fingerprint density at radius 3 is 2.61 bits per heavy atom. The largest absolute Gasteiger partial charge is 0.264 e. The van der Waals surface area contributed by atoms with Crippen LogP contribution < -0.4 is 0 Å². The number of hydrogen-bond acceptors (Lipinski definition) is 3. The van der Waals surface area contributed by atoms with E-state index in [4.69, 9.17) is 11.6 Å². The maximum Gasteiger partial charge on any atom is 0.246 e. The van der Waals surface area contributed by atoms with Gasteiger partial charge < -0.3 is 0 Å². The van der Waals surface area contributed by atoms with Crippen LogP contribution in [0.25, 0.3) is 0 Å². The van der Waals surface area contributed by atoms with Gasteiger partial charge in [-0.1, -0.05) is 18.5 Å². The van der Waals surface area contributed by atoms with Crippen LogP contribution in [0.15, 0.2) is 23.1 Å². The van der Waals surface area contributed by atoms with Crippen molar-refractivity contribution in [3.63, 3.8) is 0 Å². The Labute approximate surface area is 140 Å². The summed E-state index contributed by atoms with van der Waals surface area (Å²) in [4.78, 5) is 0.189. The average molecular weight is 360 g/mol. The van der Waals surface area contributed by atoms with Crippen LogP contribution in [-0.4, -0.2) is 36.1 Å². The Morgan fingerprint density at radius 1 is 1.35 bits per heavy atom. The molecule has 0 radical (unpaired) electrons. The standard InChI is InChI=1S/C15H19ClFN3O2S/c1-5-19(4)23(21,22)15-10(2)18-20(11(15)3)9-12-8-13(17)6-7-14(12)16/h6-8H,5,9H2,1-4H3. The molecule has 0 N–H and O–H groups in total. The Balaban J connectivity index is 2.48. The van der Waals surface area contributed by atoms with Gasteiger partial charge in [-0.05, 0) is 37.6 Å². The monoisotopic (exact) mass is 359 g/mol. The summed E-state index contributed by atoms with van der Waals surface area (Å²) in [5.41, 5.74) is 1.46. The highest BCUT2D eigenvalue weighted by Crippen LogP contribution is 2.25. The molecule has 0 fully saturated rings. The van der Waals surface area contributed by atoms with E-state index in [0.29, 0.717) is 28.5 Å². The number of nitrogens with zero attached hydrogens (tertiary/aromatic N) is 3. The summed E-state index contributed by atoms with van der Waals surface area (Å²) in [6, 6.07) is 4.07. The predicted octanol–water partition coefficient (Wildman–Crippen LogP) is 2.98. The molecule has 0 spiro atoms. The number of halogens is 2. The topological polar surface area (TPSA) is 55.2 Å². The molecular weight excluding hydrogens is 341 g/mol. The zero-order chi connectivity index (χ0) is 17.4. The van der Waals surface area contributed by atoms with Crippen LogP contribution in [0, 0.1) is 19.7 Å². The molecule has 1 aromatic carbocycles. The van der Waals surface area contributed by atoms with E-state index in [1.54, 1.807) is 20.8 Å². The Hall–Kier alpha value is -1.44. The van der Waals surface area contributed by atoms with E-state index in [2.05, 4.69) is 5.10 Å². The van der Waals surface area contributed by atoms with E-state index in [0.717, 1.165) is 0 Å². The molecule has 0 amide bonds. The SMILES string of the molecule is CCN(C)S(=O)(=O)c1c(C)nn(Cc2cc(F)ccc2Cl)c1C. The lowest BCUT2D eigenvalue weighted by molar-refractivity contribution is 0.485. The van der Waals surface area contributed by atoms with Crippen LogP contribution in [0.3, 0.4) is 0 Å². The van der Waals surface area contributed by atoms with Gasteiger partial charge in [0.05, 0.1) is 17.9 Å². The first-order valence-corrected chi connectivity index (χ1v) is 8.94. The van der Waals surface area contributed by atoms with E-state index in [9.17, 15) is 12.8 Å². The number of benzene rings is 1. The summed E-state index contributed by atoms with van der Waals surface area (Å²) in [5, 5.41) is 4.70. The van der Waals surface area contributed by atoms with Crippen molar-refractivity contribution in [2.75, 3.05) is 13.6 Å². The highest BCUT2D eigenvalue weighted by molar-refractivity contribution is 7.89. The first kappa shape index (κ1) is 17.9. The maximum absolute atomic E-state index is 13.4. The molecule has 2 rings (SSSR count). The van der Waals surface area contributed by atoms with Gasteiger partial charge in [-0.25, -0.2) is 17.1 Å². The zero-order valence-electron chi connectivity index (χ0n) is 13.5. The van der Waals surface area contributed by atoms with E-state index in [-0.39, 0.29) is 11.4 Å². The molecule has 1 heterocycles. The molecule has 0 atom stereocenters. The molecule has 8 heteroatoms. The number of aromatic nitrogens is 2. The molecule has 23 heavy (non-hydrogen) atoms. The minimum atomic E-state index is -3.60. The van der Waals surface area contributed by atoms with Gasteiger partial charge in [0.25, 0.3) is 0 Å². The Kier molecular flexibility index (Phi) is 5.13. The van der Waals surface area contributed by atoms with Crippen LogP contribution in [-0.2, 0) is 16.6 Å². The van der Waals surface area contributed by atoms with Gasteiger partial charge in [-0.15, -0.1) is 0 Å². The summed E-state index contributed by atoms with van der Waals surface area (Å²) in [7, 11) is -2.07. The van der Waals surface area contributed by atoms with Gasteiger partial charge in [0.15, 0.2) is 0 Å². The minimum Gasteiger partial charge on any atom is -0.264 e. The highest BCUT2D eigenvalue weighted by Gasteiger charge is 2.28. The lowest BCUT2D eigenvalue weighted by Gasteiger charge is -2.15. The van der Waals surface area contributed by atoms with Crippen molar-refractivity contribution >= 4 is 21.6 Å². The van der Waals surface area contributed by atoms with Crippen LogP contribution in [0.4, 0.5) is 4.39 Å². The van der Waals surface area contributed by atoms with Crippen molar-refractivity contribution in [3.05, 3.63) is 46.0 Å². The number of hydrogen-bond donors (Lipinski definition) is 0. The summed E-state index contributed by atoms with van der Waals surface area (Å²) in [6.07, 6.45) is 0. The van der Waals surface area contributed by atoms with Crippen LogP contribution in [0.2, 0.25) is 5.02 Å². The molecule has 0 saturated carbocycles. The van der Waals surface area contributed by atoms with Crippen molar-refractivity contribution in [1.82, 2.24) is 14.1 Å². The zero-order valence-corrected chi connectivity index (χ0v) is 15.0.